The SMILES string of the molecule is COC1CCCC(O)(Cc2cc(Cl)cc3c2OCC3)C1. The summed E-state index contributed by atoms with van der Waals surface area (Å²) in [4.78, 5) is 0. The van der Waals surface area contributed by atoms with Crippen molar-refractivity contribution >= 4 is 11.6 Å². The van der Waals surface area contributed by atoms with Gasteiger partial charge in [-0.2, -0.15) is 0 Å². The van der Waals surface area contributed by atoms with E-state index in [0.29, 0.717) is 19.4 Å². The summed E-state index contributed by atoms with van der Waals surface area (Å²) in [5.41, 5.74) is 1.49. The van der Waals surface area contributed by atoms with E-state index >= 15 is 0 Å². The lowest BCUT2D eigenvalue weighted by molar-refractivity contribution is -0.0583. The Morgan fingerprint density at radius 3 is 3.15 bits per heavy atom. The van der Waals surface area contributed by atoms with Gasteiger partial charge in [0.25, 0.3) is 0 Å². The Morgan fingerprint density at radius 2 is 2.35 bits per heavy atom. The molecule has 4 heteroatoms. The van der Waals surface area contributed by atoms with Gasteiger partial charge in [-0.25, -0.2) is 0 Å². The predicted octanol–water partition coefficient (Wildman–Crippen LogP) is 3.14. The third-order valence-corrected chi connectivity index (χ3v) is 4.67. The molecule has 0 radical (unpaired) electrons. The van der Waals surface area contributed by atoms with Crippen molar-refractivity contribution in [3.8, 4) is 5.75 Å². The van der Waals surface area contributed by atoms with E-state index in [-0.39, 0.29) is 6.10 Å². The van der Waals surface area contributed by atoms with Crippen LogP contribution >= 0.6 is 11.6 Å². The van der Waals surface area contributed by atoms with E-state index in [4.69, 9.17) is 21.1 Å². The van der Waals surface area contributed by atoms with Crippen LogP contribution in [0.5, 0.6) is 5.75 Å². The lowest BCUT2D eigenvalue weighted by Crippen LogP contribution is -2.40. The Bertz CT molecular complexity index is 503. The molecule has 3 nitrogen and oxygen atoms in total. The van der Waals surface area contributed by atoms with Crippen molar-refractivity contribution in [3.63, 3.8) is 0 Å². The summed E-state index contributed by atoms with van der Waals surface area (Å²) < 4.78 is 11.1. The first kappa shape index (κ1) is 14.2. The average Bonchev–Trinajstić information content (AvgIpc) is 2.86. The molecular formula is C16H21ClO3. The summed E-state index contributed by atoms with van der Waals surface area (Å²) in [5.74, 6) is 0.933. The van der Waals surface area contributed by atoms with Crippen LogP contribution in [0.2, 0.25) is 5.02 Å². The topological polar surface area (TPSA) is 38.7 Å². The van der Waals surface area contributed by atoms with E-state index in [0.717, 1.165) is 47.6 Å². The Hall–Kier alpha value is -0.770. The Kier molecular flexibility index (Phi) is 3.93. The summed E-state index contributed by atoms with van der Waals surface area (Å²) in [6.45, 7) is 0.710. The van der Waals surface area contributed by atoms with Crippen molar-refractivity contribution in [2.24, 2.45) is 0 Å². The van der Waals surface area contributed by atoms with Crippen LogP contribution in [-0.2, 0) is 17.6 Å². The summed E-state index contributed by atoms with van der Waals surface area (Å²) in [6, 6.07) is 3.90. The standard InChI is InChI=1S/C16H21ClO3/c1-19-14-3-2-5-16(18,10-14)9-12-8-13(17)7-11-4-6-20-15(11)12/h7-8,14,18H,2-6,9-10H2,1H3. The second-order valence-electron chi connectivity index (χ2n) is 6.01. The van der Waals surface area contributed by atoms with Gasteiger partial charge in [0.2, 0.25) is 0 Å². The van der Waals surface area contributed by atoms with E-state index < -0.39 is 5.60 Å². The highest BCUT2D eigenvalue weighted by atomic mass is 35.5. The molecule has 1 N–H and O–H groups in total. The summed E-state index contributed by atoms with van der Waals surface area (Å²) in [7, 11) is 1.72. The fourth-order valence-corrected chi connectivity index (χ4v) is 3.74. The maximum absolute atomic E-state index is 10.9. The van der Waals surface area contributed by atoms with E-state index in [1.165, 1.54) is 0 Å². The highest BCUT2D eigenvalue weighted by molar-refractivity contribution is 6.30. The largest absolute Gasteiger partial charge is 0.493 e. The monoisotopic (exact) mass is 296 g/mol. The molecule has 0 spiro atoms. The molecule has 2 atom stereocenters. The van der Waals surface area contributed by atoms with Gasteiger partial charge in [-0.3, -0.25) is 0 Å². The zero-order valence-electron chi connectivity index (χ0n) is 11.8. The van der Waals surface area contributed by atoms with Crippen LogP contribution < -0.4 is 4.74 Å². The van der Waals surface area contributed by atoms with E-state index in [1.807, 2.05) is 12.1 Å². The molecule has 1 aromatic carbocycles. The molecule has 1 saturated carbocycles. The highest BCUT2D eigenvalue weighted by Gasteiger charge is 2.36. The van der Waals surface area contributed by atoms with Gasteiger partial charge < -0.3 is 14.6 Å². The number of fused-ring (bicyclic) bond motifs is 1. The second-order valence-corrected chi connectivity index (χ2v) is 6.44. The molecule has 1 fully saturated rings. The molecule has 0 bridgehead atoms. The fraction of sp³-hybridized carbons (Fsp3) is 0.625. The third kappa shape index (κ3) is 2.80. The van der Waals surface area contributed by atoms with Gasteiger partial charge in [0, 0.05) is 31.4 Å². The molecular weight excluding hydrogens is 276 g/mol. The fourth-order valence-electron chi connectivity index (χ4n) is 3.48. The first-order valence-electron chi connectivity index (χ1n) is 7.29. The molecule has 3 rings (SSSR count). The predicted molar refractivity (Wildman–Crippen MR) is 78.6 cm³/mol. The smallest absolute Gasteiger partial charge is 0.126 e. The third-order valence-electron chi connectivity index (χ3n) is 4.45. The average molecular weight is 297 g/mol. The minimum Gasteiger partial charge on any atom is -0.493 e. The van der Waals surface area contributed by atoms with Gasteiger partial charge in [-0.15, -0.1) is 0 Å². The minimum absolute atomic E-state index is 0.155. The molecule has 1 heterocycles. The van der Waals surface area contributed by atoms with Crippen molar-refractivity contribution in [2.45, 2.75) is 50.2 Å². The lowest BCUT2D eigenvalue weighted by Gasteiger charge is -2.36. The molecule has 0 saturated heterocycles. The number of rotatable bonds is 3. The Balaban J connectivity index is 1.84. The van der Waals surface area contributed by atoms with Crippen molar-refractivity contribution in [3.05, 3.63) is 28.3 Å². The van der Waals surface area contributed by atoms with Crippen molar-refractivity contribution < 1.29 is 14.6 Å². The van der Waals surface area contributed by atoms with Crippen molar-refractivity contribution in [1.82, 2.24) is 0 Å². The molecule has 110 valence electrons. The maximum Gasteiger partial charge on any atom is 0.126 e. The first-order valence-corrected chi connectivity index (χ1v) is 7.67. The normalized spacial score (nSPS) is 29.1. The molecule has 1 aromatic rings. The number of hydrogen-bond donors (Lipinski definition) is 1. The van der Waals surface area contributed by atoms with Gasteiger partial charge in [0.05, 0.1) is 18.3 Å². The maximum atomic E-state index is 10.9. The molecule has 1 aliphatic heterocycles. The van der Waals surface area contributed by atoms with Gasteiger partial charge >= 0.3 is 0 Å². The van der Waals surface area contributed by atoms with Crippen LogP contribution in [0.3, 0.4) is 0 Å². The van der Waals surface area contributed by atoms with Crippen LogP contribution in [0.15, 0.2) is 12.1 Å². The molecule has 2 unspecified atom stereocenters. The zero-order chi connectivity index (χ0) is 14.2. The first-order chi connectivity index (χ1) is 9.59. The highest BCUT2D eigenvalue weighted by Crippen LogP contribution is 2.39. The number of methoxy groups -OCH3 is 1. The summed E-state index contributed by atoms with van der Waals surface area (Å²) >= 11 is 6.19. The van der Waals surface area contributed by atoms with Gasteiger partial charge in [0.1, 0.15) is 5.75 Å². The second kappa shape index (κ2) is 5.55. The van der Waals surface area contributed by atoms with Crippen LogP contribution in [0.1, 0.15) is 36.8 Å². The van der Waals surface area contributed by atoms with Crippen LogP contribution in [0, 0.1) is 0 Å². The molecule has 0 aromatic heterocycles. The van der Waals surface area contributed by atoms with Crippen molar-refractivity contribution in [2.75, 3.05) is 13.7 Å². The number of ether oxygens (including phenoxy) is 2. The van der Waals surface area contributed by atoms with Crippen LogP contribution in [0.25, 0.3) is 0 Å². The molecule has 2 aliphatic rings. The van der Waals surface area contributed by atoms with Crippen LogP contribution in [0.4, 0.5) is 0 Å². The quantitative estimate of drug-likeness (QED) is 0.931. The van der Waals surface area contributed by atoms with E-state index in [9.17, 15) is 5.11 Å². The number of benzene rings is 1. The summed E-state index contributed by atoms with van der Waals surface area (Å²) in [6.07, 6.45) is 5.18. The Morgan fingerprint density at radius 1 is 1.50 bits per heavy atom. The zero-order valence-corrected chi connectivity index (χ0v) is 12.6. The van der Waals surface area contributed by atoms with Crippen LogP contribution in [-0.4, -0.2) is 30.5 Å². The van der Waals surface area contributed by atoms with Gasteiger partial charge in [0.15, 0.2) is 0 Å². The van der Waals surface area contributed by atoms with Crippen molar-refractivity contribution in [1.29, 1.82) is 0 Å². The lowest BCUT2D eigenvalue weighted by atomic mass is 9.79. The molecule has 20 heavy (non-hydrogen) atoms. The van der Waals surface area contributed by atoms with Gasteiger partial charge in [-0.05, 0) is 42.5 Å². The molecule has 0 amide bonds. The van der Waals surface area contributed by atoms with E-state index in [2.05, 4.69) is 0 Å². The van der Waals surface area contributed by atoms with E-state index in [1.54, 1.807) is 7.11 Å². The number of halogens is 1. The van der Waals surface area contributed by atoms with Gasteiger partial charge in [-0.1, -0.05) is 11.6 Å². The number of aliphatic hydroxyl groups is 1. The number of hydrogen-bond acceptors (Lipinski definition) is 3. The minimum atomic E-state index is -0.705. The Labute approximate surface area is 124 Å². The molecule has 1 aliphatic carbocycles. The summed E-state index contributed by atoms with van der Waals surface area (Å²) in [5, 5.41) is 11.6.